The maximum absolute atomic E-state index is 10.4. The van der Waals surface area contributed by atoms with Crippen LogP contribution in [0.2, 0.25) is 0 Å². The van der Waals surface area contributed by atoms with Crippen molar-refractivity contribution in [1.82, 2.24) is 0 Å². The number of benzene rings is 1. The van der Waals surface area contributed by atoms with Gasteiger partial charge in [0.15, 0.2) is 0 Å². The second kappa shape index (κ2) is 11.6. The van der Waals surface area contributed by atoms with Crippen LogP contribution in [-0.2, 0) is 6.42 Å². The summed E-state index contributed by atoms with van der Waals surface area (Å²) >= 11 is 0. The number of aromatic hydroxyl groups is 1. The third-order valence-corrected chi connectivity index (χ3v) is 7.87. The zero-order valence-electron chi connectivity index (χ0n) is 21.9. The van der Waals surface area contributed by atoms with Crippen molar-refractivity contribution < 1.29 is 9.84 Å². The third kappa shape index (κ3) is 7.43. The summed E-state index contributed by atoms with van der Waals surface area (Å²) in [6.45, 7) is 17.9. The summed E-state index contributed by atoms with van der Waals surface area (Å²) in [6, 6.07) is 0. The van der Waals surface area contributed by atoms with E-state index in [1.165, 1.54) is 56.9 Å². The van der Waals surface area contributed by atoms with Crippen LogP contribution >= 0.6 is 0 Å². The summed E-state index contributed by atoms with van der Waals surface area (Å²) in [5, 5.41) is 10.4. The van der Waals surface area contributed by atoms with Gasteiger partial charge in [0.05, 0.1) is 0 Å². The normalized spacial score (nSPS) is 20.4. The number of phenols is 1. The first-order valence-corrected chi connectivity index (χ1v) is 13.0. The Kier molecular flexibility index (Phi) is 9.77. The van der Waals surface area contributed by atoms with E-state index >= 15 is 0 Å². The largest absolute Gasteiger partial charge is 0.507 e. The minimum Gasteiger partial charge on any atom is -0.507 e. The molecule has 0 unspecified atom stereocenters. The smallest absolute Gasteiger partial charge is 0.127 e. The lowest BCUT2D eigenvalue weighted by Gasteiger charge is -2.38. The highest BCUT2D eigenvalue weighted by molar-refractivity contribution is 5.58. The molecule has 0 spiro atoms. The van der Waals surface area contributed by atoms with Crippen LogP contribution < -0.4 is 4.74 Å². The molecule has 1 aromatic rings. The van der Waals surface area contributed by atoms with E-state index in [0.29, 0.717) is 5.75 Å². The van der Waals surface area contributed by atoms with Crippen LogP contribution in [0.4, 0.5) is 0 Å². The minimum atomic E-state index is -0.0712. The van der Waals surface area contributed by atoms with Gasteiger partial charge in [-0.15, -0.1) is 0 Å². The van der Waals surface area contributed by atoms with E-state index in [4.69, 9.17) is 4.74 Å². The van der Waals surface area contributed by atoms with Crippen molar-refractivity contribution in [3.63, 3.8) is 0 Å². The molecule has 2 heteroatoms. The van der Waals surface area contributed by atoms with Crippen LogP contribution in [0.3, 0.4) is 0 Å². The molecule has 0 aromatic heterocycles. The molecule has 2 rings (SSSR count). The lowest BCUT2D eigenvalue weighted by molar-refractivity contribution is 0.0512. The van der Waals surface area contributed by atoms with Crippen LogP contribution in [0.1, 0.15) is 121 Å². The Morgan fingerprint density at radius 2 is 1.35 bits per heavy atom. The highest BCUT2D eigenvalue weighted by Gasteiger charge is 2.34. The van der Waals surface area contributed by atoms with Gasteiger partial charge < -0.3 is 9.84 Å². The molecule has 0 radical (unpaired) electrons. The average Bonchev–Trinajstić information content (AvgIpc) is 2.70. The van der Waals surface area contributed by atoms with E-state index in [0.717, 1.165) is 59.5 Å². The van der Waals surface area contributed by atoms with Crippen molar-refractivity contribution in [3.05, 3.63) is 22.3 Å². The minimum absolute atomic E-state index is 0.0712. The molecular formula is C29H50O2. The molecule has 1 N–H and O–H groups in total. The molecular weight excluding hydrogens is 380 g/mol. The summed E-state index contributed by atoms with van der Waals surface area (Å²) < 4.78 is 6.60. The highest BCUT2D eigenvalue weighted by Crippen LogP contribution is 2.44. The summed E-state index contributed by atoms with van der Waals surface area (Å²) in [4.78, 5) is 0. The van der Waals surface area contributed by atoms with Crippen LogP contribution in [0.15, 0.2) is 0 Å². The van der Waals surface area contributed by atoms with Gasteiger partial charge in [0.1, 0.15) is 17.1 Å². The first kappa shape index (κ1) is 26.1. The van der Waals surface area contributed by atoms with Crippen LogP contribution in [0.5, 0.6) is 11.5 Å². The van der Waals surface area contributed by atoms with Gasteiger partial charge in [-0.1, -0.05) is 72.6 Å². The van der Waals surface area contributed by atoms with Gasteiger partial charge in [-0.25, -0.2) is 0 Å². The topological polar surface area (TPSA) is 29.5 Å². The van der Waals surface area contributed by atoms with Gasteiger partial charge in [0.2, 0.25) is 0 Å². The molecule has 0 aliphatic carbocycles. The van der Waals surface area contributed by atoms with Gasteiger partial charge >= 0.3 is 0 Å². The molecule has 1 aromatic carbocycles. The fraction of sp³-hybridized carbons (Fsp3) is 0.793. The Morgan fingerprint density at radius 1 is 0.806 bits per heavy atom. The zero-order valence-corrected chi connectivity index (χ0v) is 21.9. The molecule has 31 heavy (non-hydrogen) atoms. The maximum Gasteiger partial charge on any atom is 0.127 e. The third-order valence-electron chi connectivity index (χ3n) is 7.87. The number of hydrogen-bond acceptors (Lipinski definition) is 2. The zero-order chi connectivity index (χ0) is 23.2. The number of hydrogen-bond donors (Lipinski definition) is 1. The van der Waals surface area contributed by atoms with E-state index in [9.17, 15) is 5.11 Å². The van der Waals surface area contributed by atoms with Gasteiger partial charge in [-0.05, 0) is 87.8 Å². The summed E-state index contributed by atoms with van der Waals surface area (Å²) in [5.74, 6) is 4.04. The van der Waals surface area contributed by atoms with Crippen molar-refractivity contribution in [1.29, 1.82) is 0 Å². The number of phenolic OH excluding ortho intramolecular Hbond substituents is 1. The van der Waals surface area contributed by atoms with Crippen molar-refractivity contribution in [2.45, 2.75) is 132 Å². The molecule has 0 fully saturated rings. The lowest BCUT2D eigenvalue weighted by atomic mass is 9.84. The first-order valence-electron chi connectivity index (χ1n) is 13.0. The van der Waals surface area contributed by atoms with E-state index in [1.54, 1.807) is 0 Å². The van der Waals surface area contributed by atoms with Crippen molar-refractivity contribution in [3.8, 4) is 11.5 Å². The molecule has 0 amide bonds. The molecule has 0 saturated heterocycles. The van der Waals surface area contributed by atoms with Crippen LogP contribution in [0.25, 0.3) is 0 Å². The molecule has 3 atom stereocenters. The van der Waals surface area contributed by atoms with E-state index in [1.807, 2.05) is 13.8 Å². The lowest BCUT2D eigenvalue weighted by Crippen LogP contribution is -2.37. The maximum atomic E-state index is 10.4. The Labute approximate surface area is 193 Å². The monoisotopic (exact) mass is 430 g/mol. The molecule has 1 aliphatic heterocycles. The molecule has 0 saturated carbocycles. The van der Waals surface area contributed by atoms with Crippen molar-refractivity contribution in [2.24, 2.45) is 17.8 Å². The van der Waals surface area contributed by atoms with Crippen LogP contribution in [0, 0.1) is 38.5 Å². The predicted octanol–water partition coefficient (Wildman–Crippen LogP) is 8.84. The Morgan fingerprint density at radius 3 is 1.94 bits per heavy atom. The van der Waals surface area contributed by atoms with Crippen LogP contribution in [-0.4, -0.2) is 10.7 Å². The average molecular weight is 431 g/mol. The SMILES string of the molecule is Cc1c(C)c2c(c(C)c1O)CC[C@@](C)(CCC[C@@H](C)CCC[C@H](C)CCCC(C)C)O2. The Hall–Kier alpha value is -1.18. The molecule has 178 valence electrons. The van der Waals surface area contributed by atoms with Gasteiger partial charge in [-0.2, -0.15) is 0 Å². The van der Waals surface area contributed by atoms with E-state index in [-0.39, 0.29) is 5.60 Å². The predicted molar refractivity (Wildman–Crippen MR) is 134 cm³/mol. The van der Waals surface area contributed by atoms with E-state index < -0.39 is 0 Å². The quantitative estimate of drug-likeness (QED) is 0.359. The second-order valence-electron chi connectivity index (χ2n) is 11.4. The standard InChI is InChI=1S/C29H50O2/c1-20(2)12-9-13-21(3)14-10-15-22(4)16-11-18-29(8)19-17-26-25(7)27(30)23(5)24(6)28(26)31-29/h20-22,30H,9-19H2,1-8H3/t21-,22+,29-/m1/s1. The molecule has 0 bridgehead atoms. The van der Waals surface area contributed by atoms with Crippen molar-refractivity contribution >= 4 is 0 Å². The number of ether oxygens (including phenoxy) is 1. The fourth-order valence-electron chi connectivity index (χ4n) is 5.27. The summed E-state index contributed by atoms with van der Waals surface area (Å²) in [5.41, 5.74) is 4.23. The van der Waals surface area contributed by atoms with Crippen molar-refractivity contribution in [2.75, 3.05) is 0 Å². The first-order chi connectivity index (χ1) is 14.5. The second-order valence-corrected chi connectivity index (χ2v) is 11.4. The summed E-state index contributed by atoms with van der Waals surface area (Å²) in [6.07, 6.45) is 14.1. The Bertz CT molecular complexity index is 705. The number of rotatable bonds is 12. The highest BCUT2D eigenvalue weighted by atomic mass is 16.5. The van der Waals surface area contributed by atoms with Gasteiger partial charge in [-0.3, -0.25) is 0 Å². The molecule has 2 nitrogen and oxygen atoms in total. The molecule has 1 aliphatic rings. The molecule has 1 heterocycles. The van der Waals surface area contributed by atoms with Gasteiger partial charge in [0, 0.05) is 5.56 Å². The summed E-state index contributed by atoms with van der Waals surface area (Å²) in [7, 11) is 0. The fourth-order valence-corrected chi connectivity index (χ4v) is 5.27. The van der Waals surface area contributed by atoms with E-state index in [2.05, 4.69) is 41.5 Å². The number of fused-ring (bicyclic) bond motifs is 1. The Balaban J connectivity index is 1.74. The van der Waals surface area contributed by atoms with Gasteiger partial charge in [0.25, 0.3) is 0 Å².